The number of hydrogen-bond acceptors (Lipinski definition) is 4. The lowest BCUT2D eigenvalue weighted by molar-refractivity contribution is -0.121. The molecule has 2 aliphatic rings. The molecule has 0 unspecified atom stereocenters. The zero-order valence-corrected chi connectivity index (χ0v) is 12.3. The summed E-state index contributed by atoms with van der Waals surface area (Å²) >= 11 is 0. The van der Waals surface area contributed by atoms with Crippen LogP contribution in [0.2, 0.25) is 0 Å². The van der Waals surface area contributed by atoms with Crippen molar-refractivity contribution >= 4 is 11.9 Å². The third-order valence-corrected chi connectivity index (χ3v) is 3.96. The molecule has 1 saturated carbocycles. The molecular formula is C14H26N4O2. The average Bonchev–Trinajstić information content (AvgIpc) is 3.22. The summed E-state index contributed by atoms with van der Waals surface area (Å²) in [6.07, 6.45) is 4.39. The second-order valence-corrected chi connectivity index (χ2v) is 5.82. The monoisotopic (exact) mass is 282 g/mol. The number of amides is 3. The first-order valence-electron chi connectivity index (χ1n) is 7.70. The summed E-state index contributed by atoms with van der Waals surface area (Å²) in [5.74, 6) is 0.447. The van der Waals surface area contributed by atoms with E-state index in [0.717, 1.165) is 39.0 Å². The summed E-state index contributed by atoms with van der Waals surface area (Å²) in [4.78, 5) is 25.5. The number of rotatable bonds is 6. The van der Waals surface area contributed by atoms with E-state index in [9.17, 15) is 9.59 Å². The third-order valence-electron chi connectivity index (χ3n) is 3.96. The number of imide groups is 1. The van der Waals surface area contributed by atoms with Gasteiger partial charge in [0.25, 0.3) is 0 Å². The molecule has 6 heteroatoms. The molecule has 1 aliphatic heterocycles. The van der Waals surface area contributed by atoms with Crippen molar-refractivity contribution in [1.29, 1.82) is 0 Å². The molecule has 1 aliphatic carbocycles. The Morgan fingerprint density at radius 3 is 2.50 bits per heavy atom. The van der Waals surface area contributed by atoms with Crippen LogP contribution in [-0.4, -0.2) is 55.6 Å². The van der Waals surface area contributed by atoms with E-state index in [1.165, 1.54) is 12.8 Å². The van der Waals surface area contributed by atoms with Gasteiger partial charge in [-0.1, -0.05) is 6.92 Å². The number of carbonyl (C=O) groups is 2. The van der Waals surface area contributed by atoms with Gasteiger partial charge in [0.15, 0.2) is 0 Å². The van der Waals surface area contributed by atoms with E-state index in [-0.39, 0.29) is 18.0 Å². The van der Waals surface area contributed by atoms with Crippen LogP contribution < -0.4 is 16.0 Å². The zero-order valence-electron chi connectivity index (χ0n) is 12.3. The number of piperidine rings is 1. The topological polar surface area (TPSA) is 73.5 Å². The number of urea groups is 1. The lowest BCUT2D eigenvalue weighted by atomic mass is 9.97. The molecule has 0 aromatic heterocycles. The lowest BCUT2D eigenvalue weighted by Crippen LogP contribution is -2.46. The third kappa shape index (κ3) is 5.46. The van der Waals surface area contributed by atoms with Crippen molar-refractivity contribution in [3.8, 4) is 0 Å². The van der Waals surface area contributed by atoms with Crippen molar-refractivity contribution in [2.45, 2.75) is 38.6 Å². The van der Waals surface area contributed by atoms with Gasteiger partial charge >= 0.3 is 6.03 Å². The van der Waals surface area contributed by atoms with Gasteiger partial charge in [0.1, 0.15) is 0 Å². The number of likely N-dealkylation sites (N-methyl/N-ethyl adjacent to an activating group) is 1. The highest BCUT2D eigenvalue weighted by molar-refractivity contribution is 5.95. The Hall–Kier alpha value is -1.14. The van der Waals surface area contributed by atoms with Gasteiger partial charge in [-0.2, -0.15) is 0 Å². The number of hydrogen-bond donors (Lipinski definition) is 3. The number of nitrogens with one attached hydrogen (secondary N) is 3. The van der Waals surface area contributed by atoms with E-state index in [0.29, 0.717) is 12.5 Å². The van der Waals surface area contributed by atoms with Crippen molar-refractivity contribution in [2.24, 2.45) is 5.92 Å². The molecule has 1 saturated heterocycles. The summed E-state index contributed by atoms with van der Waals surface area (Å²) in [6.45, 7) is 6.27. The summed E-state index contributed by atoms with van der Waals surface area (Å²) < 4.78 is 0. The minimum Gasteiger partial charge on any atom is -0.335 e. The van der Waals surface area contributed by atoms with E-state index in [1.54, 1.807) is 0 Å². The zero-order chi connectivity index (χ0) is 14.4. The van der Waals surface area contributed by atoms with Crippen LogP contribution in [0.3, 0.4) is 0 Å². The van der Waals surface area contributed by atoms with Crippen LogP contribution in [0.1, 0.15) is 32.6 Å². The van der Waals surface area contributed by atoms with Gasteiger partial charge in [0.2, 0.25) is 5.91 Å². The summed E-state index contributed by atoms with van der Waals surface area (Å²) in [5, 5.41) is 8.52. The van der Waals surface area contributed by atoms with Crippen molar-refractivity contribution in [2.75, 3.05) is 32.7 Å². The molecule has 0 atom stereocenters. The maximum atomic E-state index is 11.8. The molecule has 0 bridgehead atoms. The van der Waals surface area contributed by atoms with Crippen molar-refractivity contribution in [3.05, 3.63) is 0 Å². The minimum absolute atomic E-state index is 0.209. The van der Waals surface area contributed by atoms with Crippen molar-refractivity contribution in [3.63, 3.8) is 0 Å². The van der Waals surface area contributed by atoms with Gasteiger partial charge in [-0.05, 0) is 51.2 Å². The fourth-order valence-electron chi connectivity index (χ4n) is 2.55. The fraction of sp³-hybridized carbons (Fsp3) is 0.857. The second kappa shape index (κ2) is 7.59. The Labute approximate surface area is 120 Å². The molecule has 3 amide bonds. The van der Waals surface area contributed by atoms with Crippen LogP contribution in [0.5, 0.6) is 0 Å². The SMILES string of the molecule is CCN(CC(=O)NC(=O)NC1CC1)CC1CCNCC1. The van der Waals surface area contributed by atoms with Crippen molar-refractivity contribution in [1.82, 2.24) is 20.9 Å². The van der Waals surface area contributed by atoms with Crippen LogP contribution in [0.25, 0.3) is 0 Å². The molecule has 0 radical (unpaired) electrons. The second-order valence-electron chi connectivity index (χ2n) is 5.82. The molecule has 0 aromatic rings. The van der Waals surface area contributed by atoms with Gasteiger partial charge < -0.3 is 10.6 Å². The van der Waals surface area contributed by atoms with Crippen LogP contribution in [-0.2, 0) is 4.79 Å². The Bertz CT molecular complexity index is 338. The Morgan fingerprint density at radius 1 is 1.20 bits per heavy atom. The minimum atomic E-state index is -0.351. The molecule has 3 N–H and O–H groups in total. The van der Waals surface area contributed by atoms with E-state index < -0.39 is 0 Å². The highest BCUT2D eigenvalue weighted by Crippen LogP contribution is 2.18. The van der Waals surface area contributed by atoms with E-state index in [1.807, 2.05) is 0 Å². The van der Waals surface area contributed by atoms with E-state index >= 15 is 0 Å². The molecule has 0 spiro atoms. The van der Waals surface area contributed by atoms with Crippen LogP contribution in [0.4, 0.5) is 4.79 Å². The normalized spacial score (nSPS) is 19.9. The predicted molar refractivity (Wildman–Crippen MR) is 77.4 cm³/mol. The Morgan fingerprint density at radius 2 is 1.90 bits per heavy atom. The van der Waals surface area contributed by atoms with Crippen LogP contribution in [0, 0.1) is 5.92 Å². The Balaban J connectivity index is 1.67. The smallest absolute Gasteiger partial charge is 0.321 e. The average molecular weight is 282 g/mol. The van der Waals surface area contributed by atoms with Gasteiger partial charge in [0.05, 0.1) is 6.54 Å². The van der Waals surface area contributed by atoms with Crippen LogP contribution >= 0.6 is 0 Å². The quantitative estimate of drug-likeness (QED) is 0.655. The molecular weight excluding hydrogens is 256 g/mol. The molecule has 2 rings (SSSR count). The first kappa shape index (κ1) is 15.3. The number of carbonyl (C=O) groups excluding carboxylic acids is 2. The predicted octanol–water partition coefficient (Wildman–Crippen LogP) is 0.296. The largest absolute Gasteiger partial charge is 0.335 e. The first-order chi connectivity index (χ1) is 9.67. The summed E-state index contributed by atoms with van der Waals surface area (Å²) in [5.41, 5.74) is 0. The highest BCUT2D eigenvalue weighted by Gasteiger charge is 2.24. The maximum absolute atomic E-state index is 11.8. The molecule has 20 heavy (non-hydrogen) atoms. The van der Waals surface area contributed by atoms with E-state index in [4.69, 9.17) is 0 Å². The molecule has 114 valence electrons. The summed E-state index contributed by atoms with van der Waals surface area (Å²) in [7, 11) is 0. The van der Waals surface area contributed by atoms with Crippen molar-refractivity contribution < 1.29 is 9.59 Å². The summed E-state index contributed by atoms with van der Waals surface area (Å²) in [6, 6.07) is -0.0739. The maximum Gasteiger partial charge on any atom is 0.321 e. The highest BCUT2D eigenvalue weighted by atomic mass is 16.2. The molecule has 6 nitrogen and oxygen atoms in total. The van der Waals surface area contributed by atoms with Gasteiger partial charge in [0, 0.05) is 12.6 Å². The van der Waals surface area contributed by atoms with Gasteiger partial charge in [-0.15, -0.1) is 0 Å². The number of nitrogens with zero attached hydrogens (tertiary/aromatic N) is 1. The van der Waals surface area contributed by atoms with E-state index in [2.05, 4.69) is 27.8 Å². The Kier molecular flexibility index (Phi) is 5.79. The molecule has 0 aromatic carbocycles. The van der Waals surface area contributed by atoms with Gasteiger partial charge in [-0.3, -0.25) is 15.0 Å². The molecule has 1 heterocycles. The van der Waals surface area contributed by atoms with Gasteiger partial charge in [-0.25, -0.2) is 4.79 Å². The molecule has 2 fully saturated rings. The standard InChI is InChI=1S/C14H26N4O2/c1-2-18(9-11-5-7-15-8-6-11)10-13(19)17-14(20)16-12-3-4-12/h11-12,15H,2-10H2,1H3,(H2,16,17,19,20). The lowest BCUT2D eigenvalue weighted by Gasteiger charge is -2.28. The first-order valence-corrected chi connectivity index (χ1v) is 7.70. The van der Waals surface area contributed by atoms with Crippen LogP contribution in [0.15, 0.2) is 0 Å². The fourth-order valence-corrected chi connectivity index (χ4v) is 2.55.